The van der Waals surface area contributed by atoms with Crippen molar-refractivity contribution in [2.45, 2.75) is 12.6 Å². The van der Waals surface area contributed by atoms with Crippen LogP contribution in [-0.2, 0) is 16.1 Å². The van der Waals surface area contributed by atoms with Crippen LogP contribution in [0.1, 0.15) is 22.7 Å². The fourth-order valence-electron chi connectivity index (χ4n) is 3.51. The summed E-state index contributed by atoms with van der Waals surface area (Å²) < 4.78 is 0. The number of carbonyl (C=O) groups is 2. The molecule has 1 saturated heterocycles. The number of hydrogen-bond donors (Lipinski definition) is 1. The molecule has 1 aliphatic rings. The monoisotopic (exact) mass is 438 g/mol. The Morgan fingerprint density at radius 2 is 1.77 bits per heavy atom. The Labute approximate surface area is 183 Å². The minimum Gasteiger partial charge on any atom is -0.507 e. The SMILES string of the molecule is O=C1C(=O)N(Cc2cccnc2)C(c2ccccc2)/C1=C(/O)c1ccc(Cl)c(Cl)c1. The second kappa shape index (κ2) is 8.30. The molecule has 0 radical (unpaired) electrons. The number of rotatable bonds is 4. The van der Waals surface area contributed by atoms with Gasteiger partial charge in [0.05, 0.1) is 21.7 Å². The van der Waals surface area contributed by atoms with Gasteiger partial charge in [0, 0.05) is 24.5 Å². The van der Waals surface area contributed by atoms with E-state index in [0.29, 0.717) is 16.1 Å². The quantitative estimate of drug-likeness (QED) is 0.353. The van der Waals surface area contributed by atoms with E-state index in [1.807, 2.05) is 36.4 Å². The Morgan fingerprint density at radius 3 is 2.43 bits per heavy atom. The molecule has 1 aromatic heterocycles. The molecule has 0 saturated carbocycles. The predicted molar refractivity (Wildman–Crippen MR) is 115 cm³/mol. The summed E-state index contributed by atoms with van der Waals surface area (Å²) in [5, 5.41) is 11.6. The number of carbonyl (C=O) groups excluding carboxylic acids is 2. The van der Waals surface area contributed by atoms with Gasteiger partial charge in [0.2, 0.25) is 0 Å². The molecule has 1 N–H and O–H groups in total. The molecule has 0 bridgehead atoms. The van der Waals surface area contributed by atoms with Crippen molar-refractivity contribution in [3.8, 4) is 0 Å². The molecule has 150 valence electrons. The van der Waals surface area contributed by atoms with E-state index in [0.717, 1.165) is 5.56 Å². The lowest BCUT2D eigenvalue weighted by Crippen LogP contribution is -2.29. The number of pyridine rings is 1. The summed E-state index contributed by atoms with van der Waals surface area (Å²) in [7, 11) is 0. The molecule has 3 aromatic rings. The van der Waals surface area contributed by atoms with Gasteiger partial charge in [0.25, 0.3) is 11.7 Å². The highest BCUT2D eigenvalue weighted by atomic mass is 35.5. The summed E-state index contributed by atoms with van der Waals surface area (Å²) in [6.45, 7) is 0.177. The van der Waals surface area contributed by atoms with Crippen LogP contribution in [0.15, 0.2) is 78.6 Å². The molecule has 2 aromatic carbocycles. The zero-order valence-corrected chi connectivity index (χ0v) is 17.1. The predicted octanol–water partition coefficient (Wildman–Crippen LogP) is 5.01. The van der Waals surface area contributed by atoms with Crippen LogP contribution in [0.2, 0.25) is 10.0 Å². The maximum absolute atomic E-state index is 13.0. The molecule has 1 fully saturated rings. The number of aliphatic hydroxyl groups excluding tert-OH is 1. The largest absolute Gasteiger partial charge is 0.507 e. The Kier molecular flexibility index (Phi) is 5.57. The summed E-state index contributed by atoms with van der Waals surface area (Å²) >= 11 is 12.1. The average molecular weight is 439 g/mol. The number of Topliss-reactive ketones (excluding diaryl/α,β-unsaturated/α-hetero) is 1. The molecular weight excluding hydrogens is 423 g/mol. The Balaban J connectivity index is 1.86. The summed E-state index contributed by atoms with van der Waals surface area (Å²) in [5.41, 5.74) is 1.80. The summed E-state index contributed by atoms with van der Waals surface area (Å²) in [6, 6.07) is 16.5. The zero-order valence-electron chi connectivity index (χ0n) is 15.6. The number of hydrogen-bond acceptors (Lipinski definition) is 4. The van der Waals surface area contributed by atoms with E-state index in [1.165, 1.54) is 17.0 Å². The first-order valence-electron chi connectivity index (χ1n) is 9.15. The molecule has 1 unspecified atom stereocenters. The van der Waals surface area contributed by atoms with Crippen LogP contribution in [0, 0.1) is 0 Å². The molecular formula is C23H16Cl2N2O3. The van der Waals surface area contributed by atoms with Gasteiger partial charge in [-0.25, -0.2) is 0 Å². The van der Waals surface area contributed by atoms with E-state index < -0.39 is 17.7 Å². The van der Waals surface area contributed by atoms with Gasteiger partial charge in [-0.1, -0.05) is 59.6 Å². The van der Waals surface area contributed by atoms with E-state index in [4.69, 9.17) is 23.2 Å². The Hall–Kier alpha value is -3.15. The van der Waals surface area contributed by atoms with E-state index in [2.05, 4.69) is 4.98 Å². The number of aromatic nitrogens is 1. The second-order valence-electron chi connectivity index (χ2n) is 6.83. The molecule has 4 rings (SSSR count). The number of amides is 1. The smallest absolute Gasteiger partial charge is 0.295 e. The van der Waals surface area contributed by atoms with E-state index in [-0.39, 0.29) is 22.9 Å². The van der Waals surface area contributed by atoms with Gasteiger partial charge in [-0.3, -0.25) is 14.6 Å². The molecule has 1 amide bonds. The summed E-state index contributed by atoms with van der Waals surface area (Å²) in [4.78, 5) is 31.4. The van der Waals surface area contributed by atoms with Crippen LogP contribution in [0.5, 0.6) is 0 Å². The number of nitrogens with zero attached hydrogens (tertiary/aromatic N) is 2. The van der Waals surface area contributed by atoms with Crippen molar-refractivity contribution in [2.75, 3.05) is 0 Å². The van der Waals surface area contributed by atoms with Gasteiger partial charge in [-0.05, 0) is 35.4 Å². The maximum atomic E-state index is 13.0. The minimum absolute atomic E-state index is 0.00785. The van der Waals surface area contributed by atoms with Crippen molar-refractivity contribution in [2.24, 2.45) is 0 Å². The topological polar surface area (TPSA) is 70.5 Å². The van der Waals surface area contributed by atoms with Gasteiger partial charge >= 0.3 is 0 Å². The van der Waals surface area contributed by atoms with Crippen LogP contribution in [0.3, 0.4) is 0 Å². The number of benzene rings is 2. The summed E-state index contributed by atoms with van der Waals surface area (Å²) in [6.07, 6.45) is 3.27. The van der Waals surface area contributed by atoms with E-state index >= 15 is 0 Å². The lowest BCUT2D eigenvalue weighted by Gasteiger charge is -2.25. The molecule has 0 spiro atoms. The van der Waals surface area contributed by atoms with Crippen molar-refractivity contribution in [1.82, 2.24) is 9.88 Å². The third kappa shape index (κ3) is 3.70. The van der Waals surface area contributed by atoms with Crippen molar-refractivity contribution in [1.29, 1.82) is 0 Å². The highest BCUT2D eigenvalue weighted by Gasteiger charge is 2.46. The normalized spacial score (nSPS) is 18.1. The van der Waals surface area contributed by atoms with Crippen molar-refractivity contribution < 1.29 is 14.7 Å². The third-order valence-corrected chi connectivity index (χ3v) is 5.66. The first kappa shape index (κ1) is 20.1. The number of likely N-dealkylation sites (tertiary alicyclic amines) is 1. The van der Waals surface area contributed by atoms with Crippen molar-refractivity contribution >= 4 is 40.7 Å². The maximum Gasteiger partial charge on any atom is 0.295 e. The molecule has 0 aliphatic carbocycles. The molecule has 5 nitrogen and oxygen atoms in total. The number of ketones is 1. The molecule has 1 aliphatic heterocycles. The van der Waals surface area contributed by atoms with Crippen molar-refractivity contribution in [3.05, 3.63) is 105 Å². The standard InChI is InChI=1S/C23H16Cl2N2O3/c24-17-9-8-16(11-18(17)25)21(28)19-20(15-6-2-1-3-7-15)27(23(30)22(19)29)13-14-5-4-10-26-12-14/h1-12,20,28H,13H2/b21-19-. The molecule has 2 heterocycles. The average Bonchev–Trinajstić information content (AvgIpc) is 3.01. The van der Waals surface area contributed by atoms with Gasteiger partial charge in [-0.2, -0.15) is 0 Å². The van der Waals surface area contributed by atoms with Gasteiger partial charge in [-0.15, -0.1) is 0 Å². The first-order chi connectivity index (χ1) is 14.5. The highest BCUT2D eigenvalue weighted by Crippen LogP contribution is 2.40. The van der Waals surface area contributed by atoms with Gasteiger partial charge in [0.1, 0.15) is 5.76 Å². The lowest BCUT2D eigenvalue weighted by atomic mass is 9.95. The number of aliphatic hydroxyl groups is 1. The molecule has 7 heteroatoms. The van der Waals surface area contributed by atoms with Crippen LogP contribution in [0.25, 0.3) is 5.76 Å². The number of halogens is 2. The second-order valence-corrected chi connectivity index (χ2v) is 7.64. The van der Waals surface area contributed by atoms with E-state index in [1.54, 1.807) is 24.5 Å². The Morgan fingerprint density at radius 1 is 1.00 bits per heavy atom. The zero-order chi connectivity index (χ0) is 21.3. The van der Waals surface area contributed by atoms with Gasteiger partial charge in [0.15, 0.2) is 0 Å². The van der Waals surface area contributed by atoms with Crippen LogP contribution in [0.4, 0.5) is 0 Å². The minimum atomic E-state index is -0.753. The molecule has 1 atom stereocenters. The summed E-state index contributed by atoms with van der Waals surface area (Å²) in [5.74, 6) is -1.74. The van der Waals surface area contributed by atoms with Crippen LogP contribution >= 0.6 is 23.2 Å². The third-order valence-electron chi connectivity index (χ3n) is 4.92. The fraction of sp³-hybridized carbons (Fsp3) is 0.0870. The molecule has 30 heavy (non-hydrogen) atoms. The van der Waals surface area contributed by atoms with Gasteiger partial charge < -0.3 is 10.0 Å². The van der Waals surface area contributed by atoms with Crippen LogP contribution < -0.4 is 0 Å². The van der Waals surface area contributed by atoms with Crippen molar-refractivity contribution in [3.63, 3.8) is 0 Å². The Bertz CT molecular complexity index is 1150. The first-order valence-corrected chi connectivity index (χ1v) is 9.90. The van der Waals surface area contributed by atoms with E-state index in [9.17, 15) is 14.7 Å². The fourth-order valence-corrected chi connectivity index (χ4v) is 3.81. The lowest BCUT2D eigenvalue weighted by molar-refractivity contribution is -0.140. The highest BCUT2D eigenvalue weighted by molar-refractivity contribution is 6.46. The van der Waals surface area contributed by atoms with Crippen LogP contribution in [-0.4, -0.2) is 26.7 Å².